The van der Waals surface area contributed by atoms with Crippen LogP contribution in [0, 0.1) is 6.92 Å². The van der Waals surface area contributed by atoms with Gasteiger partial charge in [-0.25, -0.2) is 4.98 Å². The summed E-state index contributed by atoms with van der Waals surface area (Å²) in [6, 6.07) is 0. The predicted octanol–water partition coefficient (Wildman–Crippen LogP) is 0.155. The van der Waals surface area contributed by atoms with E-state index in [1.54, 1.807) is 14.1 Å². The number of aromatic nitrogens is 1. The van der Waals surface area contributed by atoms with Crippen molar-refractivity contribution in [3.63, 3.8) is 0 Å². The Morgan fingerprint density at radius 1 is 1.58 bits per heavy atom. The van der Waals surface area contributed by atoms with Crippen LogP contribution in [0.15, 0.2) is 0 Å². The monoisotopic (exact) mass is 186 g/mol. The van der Waals surface area contributed by atoms with Crippen molar-refractivity contribution in [2.75, 3.05) is 19.8 Å². The summed E-state index contributed by atoms with van der Waals surface area (Å²) >= 11 is 1.28. The van der Waals surface area contributed by atoms with Gasteiger partial charge in [0.1, 0.15) is 10.6 Å². The molecule has 0 saturated heterocycles. The fraction of sp³-hybridized carbons (Fsp3) is 0.429. The summed E-state index contributed by atoms with van der Waals surface area (Å²) in [4.78, 5) is 16.5. The molecule has 0 aliphatic rings. The molecular formula is C7H12N3OS+. The van der Waals surface area contributed by atoms with E-state index in [0.717, 1.165) is 5.69 Å². The minimum absolute atomic E-state index is 0.00884. The Kier molecular flexibility index (Phi) is 2.32. The number of aromatic amines is 1. The molecule has 12 heavy (non-hydrogen) atoms. The molecule has 0 aliphatic carbocycles. The zero-order valence-electron chi connectivity index (χ0n) is 7.34. The number of rotatable bonds is 1. The van der Waals surface area contributed by atoms with Crippen molar-refractivity contribution in [2.45, 2.75) is 6.92 Å². The van der Waals surface area contributed by atoms with Crippen LogP contribution >= 0.6 is 11.3 Å². The normalized spacial score (nSPS) is 9.92. The van der Waals surface area contributed by atoms with Crippen LogP contribution in [0.5, 0.6) is 0 Å². The van der Waals surface area contributed by atoms with Crippen molar-refractivity contribution in [3.05, 3.63) is 10.6 Å². The Bertz CT molecular complexity index is 306. The zero-order valence-corrected chi connectivity index (χ0v) is 8.16. The van der Waals surface area contributed by atoms with E-state index < -0.39 is 0 Å². The molecule has 3 N–H and O–H groups in total. The van der Waals surface area contributed by atoms with E-state index in [9.17, 15) is 4.79 Å². The smallest absolute Gasteiger partial charge is 0.330 e. The Morgan fingerprint density at radius 2 is 2.17 bits per heavy atom. The standard InChI is InChI=1S/C7H11N3OS/c1-4-5(6(11)10(2)3)12-7(8)9-4/h1-3H3,(H2,8,9)/p+1. The predicted molar refractivity (Wildman–Crippen MR) is 48.0 cm³/mol. The summed E-state index contributed by atoms with van der Waals surface area (Å²) in [5.41, 5.74) is 6.34. The summed E-state index contributed by atoms with van der Waals surface area (Å²) in [5, 5.41) is 0.567. The quantitative estimate of drug-likeness (QED) is 0.679. The van der Waals surface area contributed by atoms with Crippen molar-refractivity contribution in [3.8, 4) is 0 Å². The lowest BCUT2D eigenvalue weighted by Crippen LogP contribution is -2.22. The summed E-state index contributed by atoms with van der Waals surface area (Å²) < 4.78 is 0. The fourth-order valence-corrected chi connectivity index (χ4v) is 1.76. The van der Waals surface area contributed by atoms with Crippen molar-refractivity contribution in [1.82, 2.24) is 4.90 Å². The van der Waals surface area contributed by atoms with Gasteiger partial charge in [-0.05, 0) is 18.3 Å². The van der Waals surface area contributed by atoms with Gasteiger partial charge in [-0.15, -0.1) is 0 Å². The number of nitrogen functional groups attached to an aromatic ring is 1. The third-order valence-corrected chi connectivity index (χ3v) is 2.47. The van der Waals surface area contributed by atoms with E-state index in [-0.39, 0.29) is 5.91 Å². The van der Waals surface area contributed by atoms with Crippen molar-refractivity contribution in [1.29, 1.82) is 0 Å². The summed E-state index contributed by atoms with van der Waals surface area (Å²) in [6.45, 7) is 1.84. The SMILES string of the molecule is Cc1[nH+]c(N)sc1C(=O)N(C)C. The average molecular weight is 186 g/mol. The van der Waals surface area contributed by atoms with Gasteiger partial charge in [-0.3, -0.25) is 10.5 Å². The zero-order chi connectivity index (χ0) is 9.30. The molecular weight excluding hydrogens is 174 g/mol. The van der Waals surface area contributed by atoms with Gasteiger partial charge in [0.15, 0.2) is 0 Å². The molecule has 4 nitrogen and oxygen atoms in total. The van der Waals surface area contributed by atoms with Crippen molar-refractivity contribution in [2.24, 2.45) is 0 Å². The molecule has 1 heterocycles. The first-order valence-electron chi connectivity index (χ1n) is 3.52. The molecule has 1 rings (SSSR count). The first kappa shape index (κ1) is 8.99. The van der Waals surface area contributed by atoms with Crippen LogP contribution in [0.4, 0.5) is 5.13 Å². The number of hydrogen-bond donors (Lipinski definition) is 1. The second-order valence-corrected chi connectivity index (χ2v) is 3.80. The number of thiazole rings is 1. The first-order valence-corrected chi connectivity index (χ1v) is 4.34. The summed E-state index contributed by atoms with van der Waals surface area (Å²) in [6.07, 6.45) is 0. The largest absolute Gasteiger partial charge is 0.344 e. The van der Waals surface area contributed by atoms with E-state index in [4.69, 9.17) is 5.73 Å². The number of nitrogens with two attached hydrogens (primary N) is 1. The Morgan fingerprint density at radius 3 is 2.50 bits per heavy atom. The number of aryl methyl sites for hydroxylation is 1. The topological polar surface area (TPSA) is 60.5 Å². The molecule has 0 bridgehead atoms. The Hall–Kier alpha value is -1.10. The maximum atomic E-state index is 11.4. The lowest BCUT2D eigenvalue weighted by atomic mass is 10.3. The molecule has 0 saturated carbocycles. The number of H-pyrrole nitrogens is 1. The summed E-state index contributed by atoms with van der Waals surface area (Å²) in [5.74, 6) is -0.00884. The molecule has 5 heteroatoms. The van der Waals surface area contributed by atoms with Crippen LogP contribution in [0.3, 0.4) is 0 Å². The number of hydrogen-bond acceptors (Lipinski definition) is 3. The second-order valence-electron chi connectivity index (χ2n) is 2.75. The van der Waals surface area contributed by atoms with Crippen LogP contribution in [0.25, 0.3) is 0 Å². The van der Waals surface area contributed by atoms with Gasteiger partial charge in [0, 0.05) is 14.1 Å². The highest BCUT2D eigenvalue weighted by atomic mass is 32.1. The van der Waals surface area contributed by atoms with E-state index in [1.807, 2.05) is 6.92 Å². The highest BCUT2D eigenvalue weighted by Crippen LogP contribution is 2.16. The van der Waals surface area contributed by atoms with Crippen LogP contribution in [-0.2, 0) is 0 Å². The molecule has 0 atom stereocenters. The maximum Gasteiger partial charge on any atom is 0.330 e. The molecule has 1 aromatic rings. The third-order valence-electron chi connectivity index (χ3n) is 1.46. The Labute approximate surface area is 75.0 Å². The molecule has 66 valence electrons. The minimum Gasteiger partial charge on any atom is -0.344 e. The van der Waals surface area contributed by atoms with Gasteiger partial charge < -0.3 is 4.90 Å². The highest BCUT2D eigenvalue weighted by molar-refractivity contribution is 7.16. The maximum absolute atomic E-state index is 11.4. The molecule has 1 aromatic heterocycles. The van der Waals surface area contributed by atoms with Gasteiger partial charge in [0.2, 0.25) is 0 Å². The van der Waals surface area contributed by atoms with Crippen molar-refractivity contribution >= 4 is 22.4 Å². The molecule has 0 spiro atoms. The van der Waals surface area contributed by atoms with E-state index in [0.29, 0.717) is 10.0 Å². The number of nitrogens with one attached hydrogen (secondary N) is 1. The van der Waals surface area contributed by atoms with E-state index in [1.165, 1.54) is 16.2 Å². The number of carbonyl (C=O) groups is 1. The lowest BCUT2D eigenvalue weighted by Gasteiger charge is -2.06. The van der Waals surface area contributed by atoms with Gasteiger partial charge in [-0.2, -0.15) is 0 Å². The molecule has 0 unspecified atom stereocenters. The van der Waals surface area contributed by atoms with Crippen molar-refractivity contribution < 1.29 is 9.78 Å². The molecule has 0 radical (unpaired) electrons. The van der Waals surface area contributed by atoms with Crippen LogP contribution in [-0.4, -0.2) is 24.9 Å². The Balaban J connectivity index is 3.02. The minimum atomic E-state index is -0.00884. The fourth-order valence-electron chi connectivity index (χ4n) is 0.861. The van der Waals surface area contributed by atoms with Gasteiger partial charge in [0.05, 0.1) is 0 Å². The van der Waals surface area contributed by atoms with E-state index >= 15 is 0 Å². The molecule has 1 amide bonds. The highest BCUT2D eigenvalue weighted by Gasteiger charge is 2.18. The van der Waals surface area contributed by atoms with Crippen LogP contribution in [0.1, 0.15) is 15.4 Å². The molecule has 0 aromatic carbocycles. The second kappa shape index (κ2) is 3.10. The van der Waals surface area contributed by atoms with Crippen LogP contribution < -0.4 is 10.7 Å². The van der Waals surface area contributed by atoms with Gasteiger partial charge in [-0.1, -0.05) is 0 Å². The number of amides is 1. The van der Waals surface area contributed by atoms with Gasteiger partial charge >= 0.3 is 5.13 Å². The average Bonchev–Trinajstić information content (AvgIpc) is 2.28. The first-order chi connectivity index (χ1) is 5.52. The number of anilines is 1. The summed E-state index contributed by atoms with van der Waals surface area (Å²) in [7, 11) is 3.44. The van der Waals surface area contributed by atoms with E-state index in [2.05, 4.69) is 4.98 Å². The van der Waals surface area contributed by atoms with Crippen LogP contribution in [0.2, 0.25) is 0 Å². The number of nitrogens with zero attached hydrogens (tertiary/aromatic N) is 1. The van der Waals surface area contributed by atoms with Gasteiger partial charge in [0.25, 0.3) is 5.91 Å². The lowest BCUT2D eigenvalue weighted by molar-refractivity contribution is -0.363. The molecule has 0 fully saturated rings. The molecule has 0 aliphatic heterocycles. The number of carbonyl (C=O) groups excluding carboxylic acids is 1. The third kappa shape index (κ3) is 1.55.